The lowest BCUT2D eigenvalue weighted by molar-refractivity contribution is 0.408. The van der Waals surface area contributed by atoms with Crippen molar-refractivity contribution in [2.24, 2.45) is 5.73 Å². The van der Waals surface area contributed by atoms with E-state index < -0.39 is 0 Å². The third kappa shape index (κ3) is 4.39. The molecule has 0 heterocycles. The van der Waals surface area contributed by atoms with Gasteiger partial charge in [-0.3, -0.25) is 0 Å². The van der Waals surface area contributed by atoms with Crippen LogP contribution in [0, 0.1) is 0 Å². The number of aryl methyl sites for hydroxylation is 2. The highest BCUT2D eigenvalue weighted by atomic mass is 16.5. The Labute approximate surface area is 105 Å². The van der Waals surface area contributed by atoms with Gasteiger partial charge in [0.1, 0.15) is 5.75 Å². The third-order valence-corrected chi connectivity index (χ3v) is 3.30. The van der Waals surface area contributed by atoms with Gasteiger partial charge in [-0.25, -0.2) is 0 Å². The third-order valence-electron chi connectivity index (χ3n) is 3.30. The van der Waals surface area contributed by atoms with E-state index in [0.717, 1.165) is 37.9 Å². The van der Waals surface area contributed by atoms with Crippen molar-refractivity contribution in [3.8, 4) is 5.75 Å². The number of benzene rings is 1. The average Bonchev–Trinajstić information content (AvgIpc) is 2.38. The molecule has 1 aromatic carbocycles. The molecule has 17 heavy (non-hydrogen) atoms. The van der Waals surface area contributed by atoms with E-state index in [1.54, 1.807) is 7.11 Å². The minimum atomic E-state index is 0.343. The molecule has 1 rings (SSSR count). The second-order valence-electron chi connectivity index (χ2n) is 4.56. The summed E-state index contributed by atoms with van der Waals surface area (Å²) >= 11 is 0. The smallest absolute Gasteiger partial charge is 0.122 e. The standard InChI is InChI=1S/C15H25NO/c1-4-12-9-10-15(17-3)13(11-12)7-6-8-14(16)5-2/h9-11,14H,4-8,16H2,1-3H3. The Balaban J connectivity index is 2.61. The van der Waals surface area contributed by atoms with Crippen LogP contribution in [-0.2, 0) is 12.8 Å². The molecule has 0 aliphatic rings. The van der Waals surface area contributed by atoms with Crippen LogP contribution in [0.1, 0.15) is 44.2 Å². The van der Waals surface area contributed by atoms with Crippen LogP contribution in [0.5, 0.6) is 5.75 Å². The molecule has 0 fully saturated rings. The van der Waals surface area contributed by atoms with E-state index in [4.69, 9.17) is 10.5 Å². The molecular formula is C15H25NO. The highest BCUT2D eigenvalue weighted by Gasteiger charge is 2.05. The van der Waals surface area contributed by atoms with Crippen LogP contribution in [0.4, 0.5) is 0 Å². The van der Waals surface area contributed by atoms with Crippen molar-refractivity contribution in [1.29, 1.82) is 0 Å². The monoisotopic (exact) mass is 235 g/mol. The molecule has 1 atom stereocenters. The lowest BCUT2D eigenvalue weighted by Crippen LogP contribution is -2.18. The lowest BCUT2D eigenvalue weighted by Gasteiger charge is -2.12. The van der Waals surface area contributed by atoms with Crippen LogP contribution in [0.3, 0.4) is 0 Å². The van der Waals surface area contributed by atoms with E-state index in [0.29, 0.717) is 6.04 Å². The van der Waals surface area contributed by atoms with Crippen molar-refractivity contribution in [1.82, 2.24) is 0 Å². The molecule has 1 aromatic rings. The van der Waals surface area contributed by atoms with Crippen LogP contribution < -0.4 is 10.5 Å². The first-order valence-electron chi connectivity index (χ1n) is 6.62. The van der Waals surface area contributed by atoms with Crippen LogP contribution in [0.15, 0.2) is 18.2 Å². The van der Waals surface area contributed by atoms with Gasteiger partial charge in [-0.2, -0.15) is 0 Å². The number of hydrogen-bond donors (Lipinski definition) is 1. The second kappa shape index (κ2) is 7.33. The lowest BCUT2D eigenvalue weighted by atomic mass is 10.0. The summed E-state index contributed by atoms with van der Waals surface area (Å²) in [4.78, 5) is 0. The van der Waals surface area contributed by atoms with Crippen molar-refractivity contribution in [3.63, 3.8) is 0 Å². The number of methoxy groups -OCH3 is 1. The van der Waals surface area contributed by atoms with Gasteiger partial charge in [0.15, 0.2) is 0 Å². The molecule has 0 amide bonds. The van der Waals surface area contributed by atoms with Gasteiger partial charge in [0.2, 0.25) is 0 Å². The van der Waals surface area contributed by atoms with E-state index in [9.17, 15) is 0 Å². The summed E-state index contributed by atoms with van der Waals surface area (Å²) in [6, 6.07) is 6.82. The Morgan fingerprint density at radius 3 is 2.65 bits per heavy atom. The van der Waals surface area contributed by atoms with E-state index in [1.807, 2.05) is 0 Å². The molecule has 2 nitrogen and oxygen atoms in total. The van der Waals surface area contributed by atoms with Crippen molar-refractivity contribution in [2.45, 2.75) is 52.0 Å². The Bertz CT molecular complexity index is 336. The van der Waals surface area contributed by atoms with E-state index >= 15 is 0 Å². The largest absolute Gasteiger partial charge is 0.496 e. The number of ether oxygens (including phenoxy) is 1. The second-order valence-corrected chi connectivity index (χ2v) is 4.56. The number of nitrogens with two attached hydrogens (primary N) is 1. The van der Waals surface area contributed by atoms with Crippen LogP contribution >= 0.6 is 0 Å². The van der Waals surface area contributed by atoms with Gasteiger partial charge < -0.3 is 10.5 Å². The molecule has 0 aliphatic carbocycles. The molecule has 0 saturated carbocycles. The minimum absolute atomic E-state index is 0.343. The fraction of sp³-hybridized carbons (Fsp3) is 0.600. The summed E-state index contributed by atoms with van der Waals surface area (Å²) in [6.07, 6.45) is 5.43. The van der Waals surface area contributed by atoms with Crippen molar-refractivity contribution in [2.75, 3.05) is 7.11 Å². The summed E-state index contributed by atoms with van der Waals surface area (Å²) in [5.41, 5.74) is 8.62. The topological polar surface area (TPSA) is 35.2 Å². The molecule has 0 aromatic heterocycles. The summed E-state index contributed by atoms with van der Waals surface area (Å²) in [7, 11) is 1.74. The first-order chi connectivity index (χ1) is 8.21. The molecule has 1 unspecified atom stereocenters. The number of rotatable bonds is 7. The molecule has 2 heteroatoms. The molecule has 0 aliphatic heterocycles. The van der Waals surface area contributed by atoms with Gasteiger partial charge >= 0.3 is 0 Å². The molecule has 0 radical (unpaired) electrons. The fourth-order valence-electron chi connectivity index (χ4n) is 2.01. The predicted octanol–water partition coefficient (Wildman–Crippen LogP) is 3.32. The van der Waals surface area contributed by atoms with Crippen molar-refractivity contribution < 1.29 is 4.74 Å². The maximum Gasteiger partial charge on any atom is 0.122 e. The molecule has 96 valence electrons. The van der Waals surface area contributed by atoms with Gasteiger partial charge in [-0.05, 0) is 49.3 Å². The van der Waals surface area contributed by atoms with Crippen LogP contribution in [0.25, 0.3) is 0 Å². The van der Waals surface area contributed by atoms with E-state index in [-0.39, 0.29) is 0 Å². The van der Waals surface area contributed by atoms with Crippen LogP contribution in [0.2, 0.25) is 0 Å². The van der Waals surface area contributed by atoms with E-state index in [2.05, 4.69) is 32.0 Å². The number of hydrogen-bond acceptors (Lipinski definition) is 2. The SMILES string of the molecule is CCc1ccc(OC)c(CCCC(N)CC)c1. The summed E-state index contributed by atoms with van der Waals surface area (Å²) in [5.74, 6) is 1.01. The zero-order valence-corrected chi connectivity index (χ0v) is 11.3. The Hall–Kier alpha value is -1.02. The summed E-state index contributed by atoms with van der Waals surface area (Å²) in [6.45, 7) is 4.32. The Kier molecular flexibility index (Phi) is 6.06. The van der Waals surface area contributed by atoms with Crippen molar-refractivity contribution in [3.05, 3.63) is 29.3 Å². The zero-order valence-electron chi connectivity index (χ0n) is 11.3. The van der Waals surface area contributed by atoms with Gasteiger partial charge in [-0.15, -0.1) is 0 Å². The normalized spacial score (nSPS) is 12.5. The molecule has 0 bridgehead atoms. The Morgan fingerprint density at radius 1 is 1.29 bits per heavy atom. The zero-order chi connectivity index (χ0) is 12.7. The fourth-order valence-corrected chi connectivity index (χ4v) is 2.01. The van der Waals surface area contributed by atoms with Gasteiger partial charge in [-0.1, -0.05) is 26.0 Å². The highest BCUT2D eigenvalue weighted by molar-refractivity contribution is 5.37. The summed E-state index contributed by atoms with van der Waals surface area (Å²) < 4.78 is 5.40. The summed E-state index contributed by atoms with van der Waals surface area (Å²) in [5, 5.41) is 0. The highest BCUT2D eigenvalue weighted by Crippen LogP contribution is 2.22. The molecule has 0 saturated heterocycles. The minimum Gasteiger partial charge on any atom is -0.496 e. The van der Waals surface area contributed by atoms with Gasteiger partial charge in [0, 0.05) is 6.04 Å². The molecule has 0 spiro atoms. The molecular weight excluding hydrogens is 210 g/mol. The quantitative estimate of drug-likeness (QED) is 0.787. The van der Waals surface area contributed by atoms with Gasteiger partial charge in [0.05, 0.1) is 7.11 Å². The first-order valence-corrected chi connectivity index (χ1v) is 6.62. The van der Waals surface area contributed by atoms with Gasteiger partial charge in [0.25, 0.3) is 0 Å². The predicted molar refractivity (Wildman–Crippen MR) is 73.6 cm³/mol. The van der Waals surface area contributed by atoms with Crippen molar-refractivity contribution >= 4 is 0 Å². The molecule has 2 N–H and O–H groups in total. The van der Waals surface area contributed by atoms with Crippen LogP contribution in [-0.4, -0.2) is 13.2 Å². The van der Waals surface area contributed by atoms with E-state index in [1.165, 1.54) is 11.1 Å². The Morgan fingerprint density at radius 2 is 2.06 bits per heavy atom. The average molecular weight is 235 g/mol. The first kappa shape index (κ1) is 14.0. The maximum atomic E-state index is 5.93. The maximum absolute atomic E-state index is 5.93.